The van der Waals surface area contributed by atoms with Crippen molar-refractivity contribution in [2.45, 2.75) is 13.1 Å². The van der Waals surface area contributed by atoms with Crippen LogP contribution in [0.5, 0.6) is 0 Å². The van der Waals surface area contributed by atoms with Crippen LogP contribution in [0.1, 0.15) is 31.8 Å². The third-order valence-electron chi connectivity index (χ3n) is 8.49. The lowest BCUT2D eigenvalue weighted by atomic mass is 10.0. The number of thiocarbonyl (C=S) groups is 1. The number of hydrogen-bond acceptors (Lipinski definition) is 4. The second-order valence-corrected chi connectivity index (χ2v) is 11.6. The molecule has 2 aliphatic rings. The molecular formula is C36H26F2N6O2S. The van der Waals surface area contributed by atoms with Gasteiger partial charge in [0.2, 0.25) is 0 Å². The Hall–Kier alpha value is -5.86. The number of halogens is 2. The van der Waals surface area contributed by atoms with E-state index in [2.05, 4.69) is 16.7 Å². The summed E-state index contributed by atoms with van der Waals surface area (Å²) in [5.74, 6) is -0.879. The van der Waals surface area contributed by atoms with Gasteiger partial charge in [-0.1, -0.05) is 36.5 Å². The van der Waals surface area contributed by atoms with Gasteiger partial charge in [-0.05, 0) is 71.8 Å². The van der Waals surface area contributed by atoms with Gasteiger partial charge in [-0.15, -0.1) is 0 Å². The largest absolute Gasteiger partial charge is 0.389 e. The lowest BCUT2D eigenvalue weighted by Crippen LogP contribution is -2.24. The summed E-state index contributed by atoms with van der Waals surface area (Å²) < 4.78 is 30.6. The number of nitrogens with zero attached hydrogens (tertiary/aromatic N) is 3. The molecule has 2 amide bonds. The van der Waals surface area contributed by atoms with E-state index in [0.29, 0.717) is 42.9 Å². The predicted molar refractivity (Wildman–Crippen MR) is 180 cm³/mol. The molecule has 8 rings (SSSR count). The smallest absolute Gasteiger partial charge is 0.253 e. The number of carbonyl (C=O) groups excluding carboxylic acids is 2. The minimum absolute atomic E-state index is 0.114. The summed E-state index contributed by atoms with van der Waals surface area (Å²) >= 11 is 5.28. The maximum Gasteiger partial charge on any atom is 0.253 e. The fraction of sp³-hybridized carbons (Fsp3) is 0.111. The lowest BCUT2D eigenvalue weighted by Gasteiger charge is -2.11. The Morgan fingerprint density at radius 1 is 0.723 bits per heavy atom. The molecule has 2 aliphatic heterocycles. The quantitative estimate of drug-likeness (QED) is 0.208. The Bertz CT molecular complexity index is 2300. The van der Waals surface area contributed by atoms with Crippen LogP contribution >= 0.6 is 12.2 Å². The second kappa shape index (κ2) is 11.8. The topological polar surface area (TPSA) is 118 Å². The molecule has 0 aliphatic carbocycles. The number of carbonyl (C=O) groups is 2. The van der Waals surface area contributed by atoms with E-state index in [4.69, 9.17) is 18.0 Å². The van der Waals surface area contributed by atoms with E-state index < -0.39 is 0 Å². The van der Waals surface area contributed by atoms with Crippen molar-refractivity contribution in [3.63, 3.8) is 0 Å². The molecule has 0 spiro atoms. The first kappa shape index (κ1) is 29.8. The van der Waals surface area contributed by atoms with Crippen molar-refractivity contribution in [2.24, 2.45) is 5.73 Å². The van der Waals surface area contributed by atoms with Gasteiger partial charge >= 0.3 is 0 Å². The first-order valence-electron chi connectivity index (χ1n) is 14.9. The zero-order valence-electron chi connectivity index (χ0n) is 24.8. The number of rotatable bonds is 3. The van der Waals surface area contributed by atoms with Crippen molar-refractivity contribution >= 4 is 50.8 Å². The average Bonchev–Trinajstić information content (AvgIpc) is 3.44. The molecule has 4 N–H and O–H groups in total. The highest BCUT2D eigenvalue weighted by molar-refractivity contribution is 7.80. The van der Waals surface area contributed by atoms with Crippen LogP contribution in [0.3, 0.4) is 0 Å². The Labute approximate surface area is 273 Å². The molecule has 6 aromatic rings. The highest BCUT2D eigenvalue weighted by atomic mass is 32.1. The van der Waals surface area contributed by atoms with Crippen molar-refractivity contribution < 1.29 is 18.4 Å². The van der Waals surface area contributed by atoms with E-state index in [1.54, 1.807) is 42.5 Å². The van der Waals surface area contributed by atoms with Crippen molar-refractivity contribution in [3.8, 4) is 28.6 Å². The number of nitriles is 1. The van der Waals surface area contributed by atoms with Gasteiger partial charge < -0.3 is 25.5 Å². The van der Waals surface area contributed by atoms with Crippen LogP contribution in [0.2, 0.25) is 0 Å². The van der Waals surface area contributed by atoms with Gasteiger partial charge in [-0.3, -0.25) is 9.59 Å². The van der Waals surface area contributed by atoms with Gasteiger partial charge in [0.05, 0.1) is 39.1 Å². The number of nitrogens with one attached hydrogen (secondary N) is 2. The first-order valence-corrected chi connectivity index (χ1v) is 15.3. The van der Waals surface area contributed by atoms with Gasteiger partial charge in [-0.25, -0.2) is 8.78 Å². The Morgan fingerprint density at radius 3 is 1.70 bits per heavy atom. The molecule has 4 aromatic carbocycles. The number of para-hydroxylation sites is 2. The van der Waals surface area contributed by atoms with Crippen molar-refractivity contribution in [2.75, 3.05) is 13.1 Å². The molecule has 0 bridgehead atoms. The molecule has 2 aromatic heterocycles. The summed E-state index contributed by atoms with van der Waals surface area (Å²) in [6.45, 7) is 2.14. The second-order valence-electron chi connectivity index (χ2n) is 11.2. The molecule has 0 saturated heterocycles. The van der Waals surface area contributed by atoms with Gasteiger partial charge in [0.15, 0.2) is 0 Å². The molecule has 8 nitrogen and oxygen atoms in total. The molecular weight excluding hydrogens is 618 g/mol. The zero-order valence-corrected chi connectivity index (χ0v) is 25.6. The van der Waals surface area contributed by atoms with Gasteiger partial charge in [-0.2, -0.15) is 5.26 Å². The molecule has 0 radical (unpaired) electrons. The summed E-state index contributed by atoms with van der Waals surface area (Å²) in [4.78, 5) is 24.8. The number of amides is 2. The number of nitrogens with two attached hydrogens (primary N) is 1. The van der Waals surface area contributed by atoms with Gasteiger partial charge in [0.1, 0.15) is 22.7 Å². The fourth-order valence-electron chi connectivity index (χ4n) is 6.57. The van der Waals surface area contributed by atoms with E-state index in [9.17, 15) is 23.6 Å². The third kappa shape index (κ3) is 4.99. The van der Waals surface area contributed by atoms with Crippen LogP contribution in [-0.2, 0) is 13.1 Å². The van der Waals surface area contributed by atoms with Crippen molar-refractivity contribution in [1.82, 2.24) is 19.8 Å². The van der Waals surface area contributed by atoms with Crippen LogP contribution in [-0.4, -0.2) is 39.0 Å². The Kier molecular flexibility index (Phi) is 7.50. The van der Waals surface area contributed by atoms with Crippen LogP contribution < -0.4 is 16.4 Å². The summed E-state index contributed by atoms with van der Waals surface area (Å²) in [6.07, 6.45) is 0. The van der Waals surface area contributed by atoms with E-state index in [1.165, 1.54) is 24.3 Å². The van der Waals surface area contributed by atoms with Crippen LogP contribution in [0.4, 0.5) is 8.78 Å². The number of hydrogen-bond donors (Lipinski definition) is 3. The molecule has 0 fully saturated rings. The molecule has 0 atom stereocenters. The predicted octanol–water partition coefficient (Wildman–Crippen LogP) is 5.89. The fourth-order valence-corrected chi connectivity index (χ4v) is 6.77. The van der Waals surface area contributed by atoms with Crippen LogP contribution in [0.15, 0.2) is 84.9 Å². The monoisotopic (exact) mass is 644 g/mol. The molecule has 232 valence electrons. The van der Waals surface area contributed by atoms with E-state index >= 15 is 0 Å². The summed E-state index contributed by atoms with van der Waals surface area (Å²) in [7, 11) is 0. The molecule has 11 heteroatoms. The minimum Gasteiger partial charge on any atom is -0.389 e. The highest BCUT2D eigenvalue weighted by Crippen LogP contribution is 2.37. The standard InChI is InChI=1S/C18H14FN3OS.C18H12FN3O/c19-11-6-4-10(5-7-11)15-14(17(20)24)12-2-1-3-13-16(12)22(15)9-8-21-18(13)23;19-12-6-4-11(5-7-12)16-15(10-20)13-2-1-3-14-17(13)22(16)9-8-21-18(14)23/h1-7H,8-9H2,(H2,20,24)(H,21,23);1-7H,8-9H2,(H,21,23). The van der Waals surface area contributed by atoms with E-state index in [1.807, 2.05) is 27.3 Å². The van der Waals surface area contributed by atoms with E-state index in [0.717, 1.165) is 49.9 Å². The maximum absolute atomic E-state index is 13.3. The minimum atomic E-state index is -0.322. The highest BCUT2D eigenvalue weighted by Gasteiger charge is 2.27. The molecule has 47 heavy (non-hydrogen) atoms. The first-order chi connectivity index (χ1) is 22.8. The number of benzene rings is 4. The number of aromatic nitrogens is 2. The lowest BCUT2D eigenvalue weighted by molar-refractivity contribution is 0.0948. The summed E-state index contributed by atoms with van der Waals surface area (Å²) in [5.41, 5.74) is 13.1. The van der Waals surface area contributed by atoms with E-state index in [-0.39, 0.29) is 28.4 Å². The Morgan fingerprint density at radius 2 is 1.19 bits per heavy atom. The normalized spacial score (nSPS) is 13.6. The van der Waals surface area contributed by atoms with Gasteiger partial charge in [0, 0.05) is 42.5 Å². The Balaban J connectivity index is 0.000000150. The van der Waals surface area contributed by atoms with Crippen molar-refractivity contribution in [1.29, 1.82) is 5.26 Å². The molecule has 0 saturated carbocycles. The summed E-state index contributed by atoms with van der Waals surface area (Å²) in [6, 6.07) is 25.5. The average molecular weight is 645 g/mol. The zero-order chi connectivity index (χ0) is 32.8. The maximum atomic E-state index is 13.3. The molecule has 4 heterocycles. The molecule has 0 unspecified atom stereocenters. The van der Waals surface area contributed by atoms with Crippen LogP contribution in [0.25, 0.3) is 44.3 Å². The van der Waals surface area contributed by atoms with Gasteiger partial charge in [0.25, 0.3) is 11.8 Å². The SMILES string of the molecule is N#Cc1c(-c2ccc(F)cc2)n2c3c(cccc13)C(=O)NCC2.NC(=S)c1c(-c2ccc(F)cc2)n2c3c(cccc13)C(=O)NCC2. The third-order valence-corrected chi connectivity index (χ3v) is 8.69. The summed E-state index contributed by atoms with van der Waals surface area (Å²) in [5, 5.41) is 17.0. The van der Waals surface area contributed by atoms with Crippen molar-refractivity contribution in [3.05, 3.63) is 119 Å². The van der Waals surface area contributed by atoms with Crippen LogP contribution in [0, 0.1) is 23.0 Å².